The molecule has 3 heteroatoms. The van der Waals surface area contributed by atoms with Gasteiger partial charge in [0.25, 0.3) is 0 Å². The predicted molar refractivity (Wildman–Crippen MR) is 83.8 cm³/mol. The Labute approximate surface area is 122 Å². The fourth-order valence-electron chi connectivity index (χ4n) is 2.38. The van der Waals surface area contributed by atoms with E-state index >= 15 is 0 Å². The van der Waals surface area contributed by atoms with Gasteiger partial charge in [-0.3, -0.25) is 0 Å². The summed E-state index contributed by atoms with van der Waals surface area (Å²) >= 11 is 0. The minimum atomic E-state index is -0.349. The van der Waals surface area contributed by atoms with Crippen molar-refractivity contribution in [3.63, 3.8) is 0 Å². The van der Waals surface area contributed by atoms with Crippen LogP contribution in [0.15, 0.2) is 57.7 Å². The molecule has 0 radical (unpaired) electrons. The lowest BCUT2D eigenvalue weighted by Gasteiger charge is -2.11. The van der Waals surface area contributed by atoms with Crippen molar-refractivity contribution in [1.82, 2.24) is 0 Å². The van der Waals surface area contributed by atoms with Gasteiger partial charge in [-0.1, -0.05) is 30.3 Å². The zero-order valence-electron chi connectivity index (χ0n) is 12.1. The third kappa shape index (κ3) is 2.55. The molecule has 3 rings (SSSR count). The van der Waals surface area contributed by atoms with E-state index in [9.17, 15) is 4.79 Å². The van der Waals surface area contributed by atoms with Crippen LogP contribution >= 0.6 is 0 Å². The molecule has 0 amide bonds. The second-order valence-electron chi connectivity index (χ2n) is 4.92. The quantitative estimate of drug-likeness (QED) is 0.676. The molecular formula is C18H16O3. The van der Waals surface area contributed by atoms with Gasteiger partial charge in [-0.25, -0.2) is 4.79 Å². The van der Waals surface area contributed by atoms with Crippen molar-refractivity contribution in [2.75, 3.05) is 6.61 Å². The Morgan fingerprint density at radius 3 is 2.67 bits per heavy atom. The lowest BCUT2D eigenvalue weighted by atomic mass is 10.0. The van der Waals surface area contributed by atoms with E-state index in [0.717, 1.165) is 16.5 Å². The zero-order chi connectivity index (χ0) is 14.8. The summed E-state index contributed by atoms with van der Waals surface area (Å²) in [5.74, 6) is 0.708. The summed E-state index contributed by atoms with van der Waals surface area (Å²) in [5, 5.41) is 0.898. The highest BCUT2D eigenvalue weighted by atomic mass is 16.5. The van der Waals surface area contributed by atoms with Gasteiger partial charge in [0.2, 0.25) is 0 Å². The van der Waals surface area contributed by atoms with Gasteiger partial charge in [0, 0.05) is 10.9 Å². The number of benzene rings is 2. The van der Waals surface area contributed by atoms with Gasteiger partial charge in [0.15, 0.2) is 0 Å². The fraction of sp³-hybridized carbons (Fsp3) is 0.167. The predicted octanol–water partition coefficient (Wildman–Crippen LogP) is 4.17. The number of rotatable bonds is 3. The summed E-state index contributed by atoms with van der Waals surface area (Å²) in [6.07, 6.45) is 0. The van der Waals surface area contributed by atoms with E-state index in [-0.39, 0.29) is 5.63 Å². The van der Waals surface area contributed by atoms with E-state index in [1.807, 2.05) is 56.3 Å². The average Bonchev–Trinajstić information content (AvgIpc) is 2.47. The topological polar surface area (TPSA) is 39.4 Å². The maximum Gasteiger partial charge on any atom is 0.344 e. The smallest absolute Gasteiger partial charge is 0.344 e. The number of fused-ring (bicyclic) bond motifs is 1. The summed E-state index contributed by atoms with van der Waals surface area (Å²) in [5.41, 5.74) is 2.63. The van der Waals surface area contributed by atoms with Crippen LogP contribution in [0.2, 0.25) is 0 Å². The minimum Gasteiger partial charge on any atom is -0.493 e. The number of ether oxygens (including phenoxy) is 1. The number of hydrogen-bond acceptors (Lipinski definition) is 3. The van der Waals surface area contributed by atoms with Gasteiger partial charge >= 0.3 is 5.63 Å². The molecule has 0 atom stereocenters. The Morgan fingerprint density at radius 2 is 1.86 bits per heavy atom. The summed E-state index contributed by atoms with van der Waals surface area (Å²) in [7, 11) is 0. The van der Waals surface area contributed by atoms with Crippen molar-refractivity contribution in [1.29, 1.82) is 0 Å². The summed E-state index contributed by atoms with van der Waals surface area (Å²) in [6, 6.07) is 15.2. The molecule has 2 aromatic carbocycles. The highest BCUT2D eigenvalue weighted by Crippen LogP contribution is 2.30. The van der Waals surface area contributed by atoms with Gasteiger partial charge in [-0.15, -0.1) is 0 Å². The standard InChI is InChI=1S/C18H16O3/c1-3-20-17-10-12(2)8-9-14(17)15-11-13-6-4-5-7-16(13)21-18(15)19/h4-11H,3H2,1-2H3. The Morgan fingerprint density at radius 1 is 1.05 bits per heavy atom. The molecule has 21 heavy (non-hydrogen) atoms. The largest absolute Gasteiger partial charge is 0.493 e. The minimum absolute atomic E-state index is 0.349. The third-order valence-corrected chi connectivity index (χ3v) is 3.37. The van der Waals surface area contributed by atoms with E-state index in [1.165, 1.54) is 0 Å². The molecule has 0 unspecified atom stereocenters. The zero-order valence-corrected chi connectivity index (χ0v) is 12.1. The molecule has 0 saturated heterocycles. The Hall–Kier alpha value is -2.55. The molecule has 1 heterocycles. The molecule has 0 fully saturated rings. The Bertz CT molecular complexity index is 846. The molecule has 3 aromatic rings. The molecular weight excluding hydrogens is 264 g/mol. The maximum absolute atomic E-state index is 12.3. The van der Waals surface area contributed by atoms with Crippen LogP contribution in [0.25, 0.3) is 22.1 Å². The van der Waals surface area contributed by atoms with E-state index in [1.54, 1.807) is 6.07 Å². The van der Waals surface area contributed by atoms with Crippen molar-refractivity contribution in [2.24, 2.45) is 0 Å². The molecule has 106 valence electrons. The van der Waals surface area contributed by atoms with Crippen LogP contribution in [0, 0.1) is 6.92 Å². The molecule has 0 bridgehead atoms. The molecule has 0 saturated carbocycles. The van der Waals surface area contributed by atoms with Crippen LogP contribution in [0.1, 0.15) is 12.5 Å². The van der Waals surface area contributed by atoms with E-state index in [2.05, 4.69) is 0 Å². The lowest BCUT2D eigenvalue weighted by Crippen LogP contribution is -2.04. The molecule has 0 spiro atoms. The van der Waals surface area contributed by atoms with Crippen LogP contribution in [-0.2, 0) is 0 Å². The summed E-state index contributed by atoms with van der Waals surface area (Å²) < 4.78 is 11.1. The normalized spacial score (nSPS) is 10.8. The highest BCUT2D eigenvalue weighted by Gasteiger charge is 2.12. The molecule has 0 aliphatic heterocycles. The Balaban J connectivity index is 2.25. The van der Waals surface area contributed by atoms with Gasteiger partial charge in [0.1, 0.15) is 11.3 Å². The van der Waals surface area contributed by atoms with Gasteiger partial charge < -0.3 is 9.15 Å². The highest BCUT2D eigenvalue weighted by molar-refractivity contribution is 5.83. The van der Waals surface area contributed by atoms with Gasteiger partial charge in [-0.2, -0.15) is 0 Å². The first-order chi connectivity index (χ1) is 10.2. The van der Waals surface area contributed by atoms with E-state index < -0.39 is 0 Å². The van der Waals surface area contributed by atoms with Crippen molar-refractivity contribution in [3.8, 4) is 16.9 Å². The third-order valence-electron chi connectivity index (χ3n) is 3.37. The molecule has 0 aliphatic rings. The van der Waals surface area contributed by atoms with E-state index in [0.29, 0.717) is 23.5 Å². The van der Waals surface area contributed by atoms with Crippen LogP contribution in [0.3, 0.4) is 0 Å². The maximum atomic E-state index is 12.3. The van der Waals surface area contributed by atoms with Crippen LogP contribution < -0.4 is 10.4 Å². The lowest BCUT2D eigenvalue weighted by molar-refractivity contribution is 0.341. The van der Waals surface area contributed by atoms with Crippen molar-refractivity contribution < 1.29 is 9.15 Å². The van der Waals surface area contributed by atoms with Crippen molar-refractivity contribution in [3.05, 3.63) is 64.5 Å². The number of hydrogen-bond donors (Lipinski definition) is 0. The van der Waals surface area contributed by atoms with Gasteiger partial charge in [-0.05, 0) is 37.6 Å². The number of para-hydroxylation sites is 1. The number of aryl methyl sites for hydroxylation is 1. The summed E-state index contributed by atoms with van der Waals surface area (Å²) in [6.45, 7) is 4.47. The second kappa shape index (κ2) is 5.44. The van der Waals surface area contributed by atoms with Crippen molar-refractivity contribution in [2.45, 2.75) is 13.8 Å². The molecule has 0 aliphatic carbocycles. The first-order valence-electron chi connectivity index (χ1n) is 6.96. The first-order valence-corrected chi connectivity index (χ1v) is 6.96. The van der Waals surface area contributed by atoms with Crippen LogP contribution in [0.5, 0.6) is 5.75 Å². The Kier molecular flexibility index (Phi) is 3.48. The van der Waals surface area contributed by atoms with Crippen LogP contribution in [-0.4, -0.2) is 6.61 Å². The molecule has 0 N–H and O–H groups in total. The average molecular weight is 280 g/mol. The monoisotopic (exact) mass is 280 g/mol. The van der Waals surface area contributed by atoms with E-state index in [4.69, 9.17) is 9.15 Å². The molecule has 1 aromatic heterocycles. The SMILES string of the molecule is CCOc1cc(C)ccc1-c1cc2ccccc2oc1=O. The van der Waals surface area contributed by atoms with Crippen molar-refractivity contribution >= 4 is 11.0 Å². The molecule has 3 nitrogen and oxygen atoms in total. The van der Waals surface area contributed by atoms with Gasteiger partial charge in [0.05, 0.1) is 12.2 Å². The first kappa shape index (κ1) is 13.4. The summed E-state index contributed by atoms with van der Waals surface area (Å²) in [4.78, 5) is 12.3. The second-order valence-corrected chi connectivity index (χ2v) is 4.92. The van der Waals surface area contributed by atoms with Crippen LogP contribution in [0.4, 0.5) is 0 Å². The fourth-order valence-corrected chi connectivity index (χ4v) is 2.38.